The standard InChI is InChI=1S/C22H34N5O8P.C4H4O4/c1-20(2,3)18(30)32-13-35-36(31,34-9-8-21(4,5)17(28)29)14-33-22(6-7-22)11-27-12-25-15-10-24-19(23)26-16(15)27;5-3(6)1-2-4(7)8/h10,12H,6-9,11,13-14H2,1-5H3,(H,28,29)(H2,23,24,26);1-2H,(H,5,6)(H,7,8)/b;2-1-. The fraction of sp³-hybridized carbons (Fsp3) is 0.577. The van der Waals surface area contributed by atoms with Gasteiger partial charge in [-0.05, 0) is 53.9 Å². The average molecular weight is 644 g/mol. The van der Waals surface area contributed by atoms with Crippen molar-refractivity contribution in [3.8, 4) is 0 Å². The predicted octanol–water partition coefficient (Wildman–Crippen LogP) is 2.90. The number of ether oxygens (including phenoxy) is 2. The Kier molecular flexibility index (Phi) is 12.1. The molecular weight excluding hydrogens is 605 g/mol. The van der Waals surface area contributed by atoms with Gasteiger partial charge in [-0.25, -0.2) is 19.6 Å². The normalized spacial score (nSPS) is 15.7. The Hall–Kier alpha value is -3.92. The highest BCUT2D eigenvalue weighted by Gasteiger charge is 2.47. The van der Waals surface area contributed by atoms with Gasteiger partial charge < -0.3 is 39.6 Å². The molecule has 1 atom stereocenters. The first-order chi connectivity index (χ1) is 20.3. The van der Waals surface area contributed by atoms with Crippen LogP contribution in [0, 0.1) is 10.8 Å². The lowest BCUT2D eigenvalue weighted by molar-refractivity contribution is -0.160. The van der Waals surface area contributed by atoms with E-state index in [1.165, 1.54) is 20.0 Å². The number of aromatic nitrogens is 4. The minimum atomic E-state index is -3.91. The lowest BCUT2D eigenvalue weighted by atomic mass is 9.90. The molecule has 1 aliphatic carbocycles. The molecule has 1 fully saturated rings. The summed E-state index contributed by atoms with van der Waals surface area (Å²) < 4.78 is 37.3. The Morgan fingerprint density at radius 1 is 1.05 bits per heavy atom. The van der Waals surface area contributed by atoms with Crippen molar-refractivity contribution in [3.05, 3.63) is 24.7 Å². The Morgan fingerprint density at radius 3 is 2.18 bits per heavy atom. The summed E-state index contributed by atoms with van der Waals surface area (Å²) in [6, 6.07) is 0. The van der Waals surface area contributed by atoms with Crippen LogP contribution in [0.3, 0.4) is 0 Å². The second-order valence-corrected chi connectivity index (χ2v) is 13.6. The van der Waals surface area contributed by atoms with E-state index >= 15 is 0 Å². The van der Waals surface area contributed by atoms with Gasteiger partial charge in [0.05, 0.1) is 42.1 Å². The van der Waals surface area contributed by atoms with Gasteiger partial charge in [0.2, 0.25) is 12.7 Å². The summed E-state index contributed by atoms with van der Waals surface area (Å²) >= 11 is 0. The van der Waals surface area contributed by atoms with Gasteiger partial charge >= 0.3 is 31.5 Å². The number of imidazole rings is 1. The molecule has 18 heteroatoms. The maximum Gasteiger partial charge on any atom is 0.359 e. The quantitative estimate of drug-likeness (QED) is 0.0941. The van der Waals surface area contributed by atoms with Crippen LogP contribution in [0.15, 0.2) is 24.7 Å². The van der Waals surface area contributed by atoms with E-state index in [2.05, 4.69) is 15.0 Å². The number of carbonyl (C=O) groups is 4. The molecular formula is C26H38N5O12P. The van der Waals surface area contributed by atoms with Crippen LogP contribution >= 0.6 is 7.60 Å². The molecule has 2 heterocycles. The van der Waals surface area contributed by atoms with E-state index in [1.54, 1.807) is 31.7 Å². The number of carboxylic acid groups (broad SMARTS) is 3. The molecule has 0 spiro atoms. The van der Waals surface area contributed by atoms with Crippen LogP contribution in [-0.2, 0) is 48.8 Å². The number of anilines is 1. The van der Waals surface area contributed by atoms with E-state index in [9.17, 15) is 28.8 Å². The van der Waals surface area contributed by atoms with Crippen molar-refractivity contribution in [2.24, 2.45) is 10.8 Å². The van der Waals surface area contributed by atoms with E-state index in [1.807, 2.05) is 0 Å². The zero-order valence-electron chi connectivity index (χ0n) is 25.1. The van der Waals surface area contributed by atoms with Crippen LogP contribution in [0.2, 0.25) is 0 Å². The third-order valence-electron chi connectivity index (χ3n) is 6.19. The highest BCUT2D eigenvalue weighted by Crippen LogP contribution is 2.52. The van der Waals surface area contributed by atoms with E-state index in [0.717, 1.165) is 0 Å². The van der Waals surface area contributed by atoms with Crippen molar-refractivity contribution in [1.82, 2.24) is 19.5 Å². The lowest BCUT2D eigenvalue weighted by Crippen LogP contribution is -2.26. The van der Waals surface area contributed by atoms with Gasteiger partial charge in [-0.15, -0.1) is 0 Å². The molecule has 0 aliphatic heterocycles. The number of nitrogen functional groups attached to an aromatic ring is 1. The largest absolute Gasteiger partial charge is 0.481 e. The number of carbonyl (C=O) groups excluding carboxylic acids is 1. The van der Waals surface area contributed by atoms with E-state index in [0.29, 0.717) is 42.7 Å². The van der Waals surface area contributed by atoms with Gasteiger partial charge in [0, 0.05) is 12.2 Å². The number of nitrogens with two attached hydrogens (primary N) is 1. The highest BCUT2D eigenvalue weighted by molar-refractivity contribution is 7.53. The molecule has 0 saturated heterocycles. The second kappa shape index (κ2) is 14.7. The van der Waals surface area contributed by atoms with Crippen LogP contribution in [0.4, 0.5) is 5.95 Å². The minimum absolute atomic E-state index is 0.0881. The topological polar surface area (TPSA) is 253 Å². The Labute approximate surface area is 252 Å². The molecule has 44 heavy (non-hydrogen) atoms. The fourth-order valence-electron chi connectivity index (χ4n) is 3.18. The summed E-state index contributed by atoms with van der Waals surface area (Å²) in [5, 5.41) is 24.9. The number of carboxylic acids is 3. The Bertz CT molecular complexity index is 1410. The maximum atomic E-state index is 13.5. The van der Waals surface area contributed by atoms with E-state index in [-0.39, 0.29) is 19.0 Å². The number of nitrogens with zero attached hydrogens (tertiary/aromatic N) is 4. The molecule has 3 rings (SSSR count). The van der Waals surface area contributed by atoms with Crippen LogP contribution in [0.25, 0.3) is 11.2 Å². The van der Waals surface area contributed by atoms with Gasteiger partial charge in [-0.3, -0.25) is 18.7 Å². The van der Waals surface area contributed by atoms with Gasteiger partial charge in [0.1, 0.15) is 11.9 Å². The summed E-state index contributed by atoms with van der Waals surface area (Å²) in [4.78, 5) is 55.0. The SMILES string of the molecule is CC(C)(C)C(=O)OCOP(=O)(COC1(Cn2cnc3cnc(N)nc32)CC1)OCCC(C)(C)C(=O)O.O=C(O)/C=C\C(=O)O. The number of fused-ring (bicyclic) bond motifs is 1. The summed E-state index contributed by atoms with van der Waals surface area (Å²) in [5.41, 5.74) is 4.34. The van der Waals surface area contributed by atoms with Gasteiger partial charge in [0.25, 0.3) is 0 Å². The first kappa shape index (κ1) is 36.3. The summed E-state index contributed by atoms with van der Waals surface area (Å²) in [5.74, 6) is -3.93. The van der Waals surface area contributed by atoms with Crippen LogP contribution in [-0.4, -0.2) is 84.1 Å². The fourth-order valence-corrected chi connectivity index (χ4v) is 4.41. The monoisotopic (exact) mass is 643 g/mol. The smallest absolute Gasteiger partial charge is 0.359 e. The van der Waals surface area contributed by atoms with Crippen molar-refractivity contribution in [1.29, 1.82) is 0 Å². The Morgan fingerprint density at radius 2 is 1.66 bits per heavy atom. The zero-order valence-corrected chi connectivity index (χ0v) is 26.0. The maximum absolute atomic E-state index is 13.5. The molecule has 5 N–H and O–H groups in total. The molecule has 0 aromatic carbocycles. The van der Waals surface area contributed by atoms with E-state index in [4.69, 9.17) is 34.5 Å². The number of rotatable bonds is 15. The number of esters is 1. The lowest BCUT2D eigenvalue weighted by Gasteiger charge is -2.25. The van der Waals surface area contributed by atoms with Crippen LogP contribution in [0.1, 0.15) is 53.9 Å². The number of aliphatic carboxylic acids is 3. The third-order valence-corrected chi connectivity index (χ3v) is 7.71. The summed E-state index contributed by atoms with van der Waals surface area (Å²) in [6.07, 6.45) is 5.32. The molecule has 0 radical (unpaired) electrons. The van der Waals surface area contributed by atoms with E-state index < -0.39 is 61.0 Å². The zero-order chi connectivity index (χ0) is 33.3. The Balaban J connectivity index is 0.000000742. The van der Waals surface area contributed by atoms with Crippen molar-refractivity contribution in [2.75, 3.05) is 25.5 Å². The van der Waals surface area contributed by atoms with Crippen molar-refractivity contribution < 1.29 is 57.6 Å². The molecule has 0 bridgehead atoms. The van der Waals surface area contributed by atoms with Gasteiger partial charge in [-0.1, -0.05) is 0 Å². The predicted molar refractivity (Wildman–Crippen MR) is 153 cm³/mol. The van der Waals surface area contributed by atoms with Crippen LogP contribution in [0.5, 0.6) is 0 Å². The average Bonchev–Trinajstić information content (AvgIpc) is 3.58. The molecule has 1 unspecified atom stereocenters. The molecule has 17 nitrogen and oxygen atoms in total. The second-order valence-electron chi connectivity index (χ2n) is 11.6. The van der Waals surface area contributed by atoms with Crippen molar-refractivity contribution >= 4 is 48.6 Å². The third kappa shape index (κ3) is 11.6. The first-order valence-corrected chi connectivity index (χ1v) is 15.0. The molecule has 2 aromatic heterocycles. The summed E-state index contributed by atoms with van der Waals surface area (Å²) in [7, 11) is -3.91. The van der Waals surface area contributed by atoms with Gasteiger partial charge in [0.15, 0.2) is 5.65 Å². The minimum Gasteiger partial charge on any atom is -0.481 e. The van der Waals surface area contributed by atoms with Crippen molar-refractivity contribution in [2.45, 2.75) is 66.0 Å². The molecule has 244 valence electrons. The van der Waals surface area contributed by atoms with Gasteiger partial charge in [-0.2, -0.15) is 4.98 Å². The summed E-state index contributed by atoms with van der Waals surface area (Å²) in [6.45, 7) is 7.75. The van der Waals surface area contributed by atoms with Crippen LogP contribution < -0.4 is 5.73 Å². The highest BCUT2D eigenvalue weighted by atomic mass is 31.2. The molecule has 1 saturated carbocycles. The molecule has 1 aliphatic rings. The molecule has 0 amide bonds. The van der Waals surface area contributed by atoms with Crippen molar-refractivity contribution in [3.63, 3.8) is 0 Å². The number of hydrogen-bond acceptors (Lipinski definition) is 13. The first-order valence-electron chi connectivity index (χ1n) is 13.3. The number of hydrogen-bond donors (Lipinski definition) is 4. The molecule has 2 aromatic rings.